The Balaban J connectivity index is 1.91. The van der Waals surface area contributed by atoms with Gasteiger partial charge < -0.3 is 19.2 Å². The molecule has 0 saturated heterocycles. The molecule has 0 amide bonds. The largest absolute Gasteiger partial charge is 0.507 e. The molecule has 1 aliphatic heterocycles. The number of allylic oxidation sites excluding steroid dienone is 1. The van der Waals surface area contributed by atoms with E-state index >= 15 is 0 Å². The Labute approximate surface area is 170 Å². The zero-order valence-corrected chi connectivity index (χ0v) is 16.1. The number of benzene rings is 3. The van der Waals surface area contributed by atoms with Gasteiger partial charge in [0.2, 0.25) is 0 Å². The highest BCUT2D eigenvalue weighted by Gasteiger charge is 2.32. The second-order valence-corrected chi connectivity index (χ2v) is 7.61. The van der Waals surface area contributed by atoms with Gasteiger partial charge in [-0.25, -0.2) is 4.21 Å². The van der Waals surface area contributed by atoms with Crippen LogP contribution in [0, 0.1) is 0 Å². The van der Waals surface area contributed by atoms with Crippen LogP contribution in [0.15, 0.2) is 72.8 Å². The van der Waals surface area contributed by atoms with Gasteiger partial charge in [0.05, 0.1) is 11.7 Å². The summed E-state index contributed by atoms with van der Waals surface area (Å²) in [7, 11) is 0. The van der Waals surface area contributed by atoms with Gasteiger partial charge in [-0.15, -0.1) is 0 Å². The molecule has 2 atom stereocenters. The zero-order chi connectivity index (χ0) is 20.4. The lowest BCUT2D eigenvalue weighted by Gasteiger charge is -2.28. The van der Waals surface area contributed by atoms with Crippen molar-refractivity contribution >= 4 is 28.7 Å². The van der Waals surface area contributed by atoms with Crippen molar-refractivity contribution in [2.24, 2.45) is 0 Å². The van der Waals surface area contributed by atoms with Crippen LogP contribution in [-0.4, -0.2) is 20.2 Å². The molecule has 0 bridgehead atoms. The minimum absolute atomic E-state index is 0.0340. The molecule has 0 radical (unpaired) electrons. The highest BCUT2D eigenvalue weighted by atomic mass is 32.2. The maximum Gasteiger partial charge on any atom is 0.157 e. The molecule has 0 saturated carbocycles. The molecule has 146 valence electrons. The Hall–Kier alpha value is -3.22. The minimum Gasteiger partial charge on any atom is -0.507 e. The van der Waals surface area contributed by atoms with E-state index in [4.69, 9.17) is 9.29 Å². The standard InChI is InChI=1S/C23H18O5S/c24-13-19-17-5-2-4-8-21(17)28-23(22(19)18-6-1-3-7-20(18)25)16-11-9-15(10-12-16)14-29(26)27/h1-13,19,25H,14H2,(H,26,27). The van der Waals surface area contributed by atoms with E-state index < -0.39 is 17.0 Å². The van der Waals surface area contributed by atoms with Crippen molar-refractivity contribution < 1.29 is 23.4 Å². The van der Waals surface area contributed by atoms with Crippen LogP contribution in [0.2, 0.25) is 0 Å². The molecule has 29 heavy (non-hydrogen) atoms. The Bertz CT molecular complexity index is 1120. The number of phenols is 1. The third kappa shape index (κ3) is 3.72. The molecule has 3 aromatic carbocycles. The van der Waals surface area contributed by atoms with Crippen molar-refractivity contribution in [2.75, 3.05) is 0 Å². The van der Waals surface area contributed by atoms with E-state index in [-0.39, 0.29) is 11.5 Å². The second-order valence-electron chi connectivity index (χ2n) is 6.68. The summed E-state index contributed by atoms with van der Waals surface area (Å²) in [5.41, 5.74) is 3.25. The van der Waals surface area contributed by atoms with Crippen LogP contribution in [0.1, 0.15) is 28.2 Å². The van der Waals surface area contributed by atoms with Crippen LogP contribution < -0.4 is 4.74 Å². The Kier molecular flexibility index (Phi) is 5.29. The monoisotopic (exact) mass is 406 g/mol. The summed E-state index contributed by atoms with van der Waals surface area (Å²) in [5, 5.41) is 10.5. The van der Waals surface area contributed by atoms with Crippen LogP contribution in [-0.2, 0) is 21.6 Å². The van der Waals surface area contributed by atoms with Gasteiger partial charge in [-0.2, -0.15) is 0 Å². The molecule has 2 unspecified atom stereocenters. The van der Waals surface area contributed by atoms with E-state index in [2.05, 4.69) is 0 Å². The lowest BCUT2D eigenvalue weighted by molar-refractivity contribution is -0.108. The van der Waals surface area contributed by atoms with Gasteiger partial charge in [0.1, 0.15) is 23.5 Å². The first-order chi connectivity index (χ1) is 14.1. The highest BCUT2D eigenvalue weighted by molar-refractivity contribution is 7.78. The molecular formula is C23H18O5S. The molecule has 4 rings (SSSR count). The molecule has 0 spiro atoms. The summed E-state index contributed by atoms with van der Waals surface area (Å²) >= 11 is -1.93. The number of aldehydes is 1. The fourth-order valence-corrected chi connectivity index (χ4v) is 4.01. The third-order valence-corrected chi connectivity index (χ3v) is 5.44. The number of rotatable bonds is 5. The number of phenolic OH excluding ortho intramolecular Hbond substituents is 1. The van der Waals surface area contributed by atoms with Crippen molar-refractivity contribution in [3.63, 3.8) is 0 Å². The summed E-state index contributed by atoms with van der Waals surface area (Å²) in [5.74, 6) is 0.542. The zero-order valence-electron chi connectivity index (χ0n) is 15.3. The SMILES string of the molecule is O=CC1C(c2ccccc2O)=C(c2ccc(CS(=O)O)cc2)Oc2ccccc21. The molecule has 0 aromatic heterocycles. The molecule has 0 fully saturated rings. The van der Waals surface area contributed by atoms with Crippen molar-refractivity contribution in [1.29, 1.82) is 0 Å². The van der Waals surface area contributed by atoms with Crippen LogP contribution >= 0.6 is 0 Å². The summed E-state index contributed by atoms with van der Waals surface area (Å²) in [6, 6.07) is 21.2. The smallest absolute Gasteiger partial charge is 0.157 e. The van der Waals surface area contributed by atoms with Crippen LogP contribution in [0.4, 0.5) is 0 Å². The molecule has 3 aromatic rings. The number of fused-ring (bicyclic) bond motifs is 1. The molecule has 1 heterocycles. The van der Waals surface area contributed by atoms with Crippen LogP contribution in [0.3, 0.4) is 0 Å². The van der Waals surface area contributed by atoms with E-state index in [1.165, 1.54) is 0 Å². The van der Waals surface area contributed by atoms with Crippen molar-refractivity contribution in [1.82, 2.24) is 0 Å². The van der Waals surface area contributed by atoms with E-state index in [1.54, 1.807) is 54.6 Å². The maximum atomic E-state index is 12.1. The number of ether oxygens (including phenoxy) is 1. The predicted octanol–water partition coefficient (Wildman–Crippen LogP) is 4.36. The van der Waals surface area contributed by atoms with E-state index in [1.807, 2.05) is 18.2 Å². The van der Waals surface area contributed by atoms with E-state index in [9.17, 15) is 14.1 Å². The van der Waals surface area contributed by atoms with Crippen molar-refractivity contribution in [2.45, 2.75) is 11.7 Å². The van der Waals surface area contributed by atoms with Gasteiger partial charge in [0.25, 0.3) is 0 Å². The number of carbonyl (C=O) groups excluding carboxylic acids is 1. The Morgan fingerprint density at radius 3 is 2.34 bits per heavy atom. The van der Waals surface area contributed by atoms with Gasteiger partial charge in [-0.05, 0) is 17.7 Å². The van der Waals surface area contributed by atoms with Crippen molar-refractivity contribution in [3.05, 3.63) is 95.1 Å². The predicted molar refractivity (Wildman–Crippen MR) is 112 cm³/mol. The first kappa shape index (κ1) is 19.1. The normalized spacial score (nSPS) is 16.7. The molecule has 5 nitrogen and oxygen atoms in total. The minimum atomic E-state index is -1.93. The number of carbonyl (C=O) groups is 1. The first-order valence-electron chi connectivity index (χ1n) is 9.00. The third-order valence-electron chi connectivity index (χ3n) is 4.86. The van der Waals surface area contributed by atoms with Gasteiger partial charge in [0, 0.05) is 22.3 Å². The fraction of sp³-hybridized carbons (Fsp3) is 0.0870. The molecule has 6 heteroatoms. The van der Waals surface area contributed by atoms with Gasteiger partial charge in [0.15, 0.2) is 11.1 Å². The molecular weight excluding hydrogens is 388 g/mol. The second kappa shape index (κ2) is 8.03. The molecule has 1 aliphatic rings. The van der Waals surface area contributed by atoms with E-state index in [0.29, 0.717) is 33.8 Å². The lowest BCUT2D eigenvalue weighted by atomic mass is 9.83. The summed E-state index contributed by atoms with van der Waals surface area (Å²) in [6.45, 7) is 0. The average molecular weight is 406 g/mol. The fourth-order valence-electron chi connectivity index (χ4n) is 3.53. The Morgan fingerprint density at radius 2 is 1.66 bits per heavy atom. The van der Waals surface area contributed by atoms with Gasteiger partial charge >= 0.3 is 0 Å². The van der Waals surface area contributed by atoms with Crippen molar-refractivity contribution in [3.8, 4) is 11.5 Å². The topological polar surface area (TPSA) is 83.8 Å². The van der Waals surface area contributed by atoms with E-state index in [0.717, 1.165) is 11.8 Å². The lowest BCUT2D eigenvalue weighted by Crippen LogP contribution is -2.16. The summed E-state index contributed by atoms with van der Waals surface area (Å²) in [4.78, 5) is 12.1. The first-order valence-corrected chi connectivity index (χ1v) is 10.3. The van der Waals surface area contributed by atoms with Crippen LogP contribution in [0.5, 0.6) is 11.5 Å². The number of hydrogen-bond donors (Lipinski definition) is 2. The quantitative estimate of drug-likeness (QED) is 0.486. The summed E-state index contributed by atoms with van der Waals surface area (Å²) in [6.07, 6.45) is 0.854. The maximum absolute atomic E-state index is 12.1. The van der Waals surface area contributed by atoms with Gasteiger partial charge in [-0.3, -0.25) is 0 Å². The number of aromatic hydroxyl groups is 1. The number of hydrogen-bond acceptors (Lipinski definition) is 4. The highest BCUT2D eigenvalue weighted by Crippen LogP contribution is 2.47. The Morgan fingerprint density at radius 1 is 0.966 bits per heavy atom. The summed E-state index contributed by atoms with van der Waals surface area (Å²) < 4.78 is 26.3. The van der Waals surface area contributed by atoms with Gasteiger partial charge in [-0.1, -0.05) is 60.7 Å². The van der Waals surface area contributed by atoms with Crippen LogP contribution in [0.25, 0.3) is 11.3 Å². The number of para-hydroxylation sites is 2. The average Bonchev–Trinajstić information content (AvgIpc) is 2.73. The molecule has 2 N–H and O–H groups in total. The molecule has 0 aliphatic carbocycles.